The van der Waals surface area contributed by atoms with Crippen LogP contribution in [0.3, 0.4) is 0 Å². The summed E-state index contributed by atoms with van der Waals surface area (Å²) < 4.78 is 46.8. The van der Waals surface area contributed by atoms with Gasteiger partial charge in [0.2, 0.25) is 10.0 Å². The Morgan fingerprint density at radius 2 is 1.76 bits per heavy atom. The van der Waals surface area contributed by atoms with Gasteiger partial charge in [0.05, 0.1) is 25.5 Å². The highest BCUT2D eigenvalue weighted by Crippen LogP contribution is 2.44. The second kappa shape index (κ2) is 6.06. The Hall–Kier alpha value is -2.00. The van der Waals surface area contributed by atoms with Gasteiger partial charge in [0.15, 0.2) is 0 Å². The summed E-state index contributed by atoms with van der Waals surface area (Å²) in [7, 11) is -2.45. The van der Waals surface area contributed by atoms with E-state index in [1.807, 2.05) is 0 Å². The number of rotatable bonds is 4. The van der Waals surface area contributed by atoms with Gasteiger partial charge < -0.3 is 4.74 Å². The second-order valence-corrected chi connectivity index (χ2v) is 8.30. The van der Waals surface area contributed by atoms with E-state index in [1.54, 1.807) is 21.5 Å². The minimum atomic E-state index is -3.84. The number of benzene rings is 1. The average molecular weight is 366 g/mol. The Kier molecular flexibility index (Phi) is 3.99. The molecule has 3 heterocycles. The zero-order valence-corrected chi connectivity index (χ0v) is 14.6. The number of nitrogens with zero attached hydrogens (tertiary/aromatic N) is 4. The summed E-state index contributed by atoms with van der Waals surface area (Å²) in [4.78, 5) is 1.56. The lowest BCUT2D eigenvalue weighted by atomic mass is 10.0. The van der Waals surface area contributed by atoms with Gasteiger partial charge in [0, 0.05) is 12.1 Å². The van der Waals surface area contributed by atoms with Crippen LogP contribution in [0, 0.1) is 5.82 Å². The normalized spacial score (nSPS) is 26.7. The van der Waals surface area contributed by atoms with Gasteiger partial charge in [-0.25, -0.2) is 12.8 Å². The maximum atomic E-state index is 13.7. The number of sulfonamides is 1. The molecule has 25 heavy (non-hydrogen) atoms. The molecule has 7 nitrogen and oxygen atoms in total. The fourth-order valence-electron chi connectivity index (χ4n) is 4.07. The van der Waals surface area contributed by atoms with Crippen LogP contribution in [-0.4, -0.2) is 46.9 Å². The number of hydrogen-bond acceptors (Lipinski definition) is 5. The molecule has 0 aliphatic carbocycles. The summed E-state index contributed by atoms with van der Waals surface area (Å²) >= 11 is 0. The van der Waals surface area contributed by atoms with E-state index in [9.17, 15) is 12.8 Å². The lowest BCUT2D eigenvalue weighted by Gasteiger charge is -2.37. The summed E-state index contributed by atoms with van der Waals surface area (Å²) in [5, 5.41) is 8.38. The summed E-state index contributed by atoms with van der Waals surface area (Å²) in [6.45, 7) is 0. The van der Waals surface area contributed by atoms with E-state index >= 15 is 0 Å². The lowest BCUT2D eigenvalue weighted by Crippen LogP contribution is -2.47. The molecule has 0 amide bonds. The molecule has 2 bridgehead atoms. The van der Waals surface area contributed by atoms with E-state index in [1.165, 1.54) is 19.2 Å². The van der Waals surface area contributed by atoms with Crippen LogP contribution >= 0.6 is 0 Å². The van der Waals surface area contributed by atoms with Gasteiger partial charge in [-0.2, -0.15) is 19.3 Å². The minimum Gasteiger partial charge on any atom is -0.495 e. The monoisotopic (exact) mass is 366 g/mol. The Labute approximate surface area is 145 Å². The zero-order chi connectivity index (χ0) is 17.6. The van der Waals surface area contributed by atoms with Gasteiger partial charge in [-0.3, -0.25) is 0 Å². The first-order chi connectivity index (χ1) is 12.0. The van der Waals surface area contributed by atoms with Gasteiger partial charge in [0.25, 0.3) is 0 Å². The smallest absolute Gasteiger partial charge is 0.247 e. The fourth-order valence-corrected chi connectivity index (χ4v) is 6.13. The summed E-state index contributed by atoms with van der Waals surface area (Å²) in [6, 6.07) is 3.41. The molecule has 2 unspecified atom stereocenters. The first-order valence-corrected chi connectivity index (χ1v) is 9.67. The number of hydrogen-bond donors (Lipinski definition) is 0. The third-order valence-corrected chi connectivity index (χ3v) is 7.11. The molecule has 9 heteroatoms. The largest absolute Gasteiger partial charge is 0.495 e. The number of aromatic nitrogens is 3. The van der Waals surface area contributed by atoms with Crippen LogP contribution in [0.4, 0.5) is 4.39 Å². The van der Waals surface area contributed by atoms with E-state index in [0.29, 0.717) is 12.8 Å². The maximum Gasteiger partial charge on any atom is 0.247 e. The van der Waals surface area contributed by atoms with Gasteiger partial charge in [-0.05, 0) is 43.9 Å². The zero-order valence-electron chi connectivity index (χ0n) is 13.7. The molecule has 0 spiro atoms. The highest BCUT2D eigenvalue weighted by Gasteiger charge is 2.48. The maximum absolute atomic E-state index is 13.7. The fraction of sp³-hybridized carbons (Fsp3) is 0.500. The SMILES string of the molecule is COc1ccc(F)cc1S(=O)(=O)N1C2CCC1CC(n1nccn1)C2. The van der Waals surface area contributed by atoms with E-state index in [2.05, 4.69) is 10.2 Å². The highest BCUT2D eigenvalue weighted by molar-refractivity contribution is 7.89. The van der Waals surface area contributed by atoms with Crippen molar-refractivity contribution in [2.45, 2.75) is 48.7 Å². The molecule has 2 aliphatic heterocycles. The minimum absolute atomic E-state index is 0.0911. The molecule has 0 N–H and O–H groups in total. The first-order valence-electron chi connectivity index (χ1n) is 8.23. The van der Waals surface area contributed by atoms with Gasteiger partial charge in [-0.1, -0.05) is 0 Å². The van der Waals surface area contributed by atoms with Crippen molar-refractivity contribution in [1.82, 2.24) is 19.3 Å². The number of piperidine rings is 1. The van der Waals surface area contributed by atoms with Crippen molar-refractivity contribution >= 4 is 10.0 Å². The van der Waals surface area contributed by atoms with Crippen LogP contribution in [0.15, 0.2) is 35.5 Å². The molecule has 4 rings (SSSR count). The van der Waals surface area contributed by atoms with E-state index in [4.69, 9.17) is 4.74 Å². The molecule has 2 aliphatic rings. The molecule has 2 saturated heterocycles. The van der Waals surface area contributed by atoms with Crippen LogP contribution in [0.25, 0.3) is 0 Å². The Morgan fingerprint density at radius 3 is 2.36 bits per heavy atom. The van der Waals surface area contributed by atoms with Crippen LogP contribution in [0.2, 0.25) is 0 Å². The van der Waals surface area contributed by atoms with Gasteiger partial charge in [-0.15, -0.1) is 0 Å². The van der Waals surface area contributed by atoms with E-state index in [0.717, 1.165) is 18.9 Å². The summed E-state index contributed by atoms with van der Waals surface area (Å²) in [6.07, 6.45) is 6.15. The molecule has 0 radical (unpaired) electrons. The quantitative estimate of drug-likeness (QED) is 0.827. The number of methoxy groups -OCH3 is 1. The molecule has 2 fully saturated rings. The molecule has 2 aromatic rings. The van der Waals surface area contributed by atoms with Crippen molar-refractivity contribution in [3.05, 3.63) is 36.4 Å². The Morgan fingerprint density at radius 1 is 1.12 bits per heavy atom. The van der Waals surface area contributed by atoms with Crippen molar-refractivity contribution in [2.24, 2.45) is 0 Å². The Balaban J connectivity index is 1.68. The van der Waals surface area contributed by atoms with E-state index in [-0.39, 0.29) is 28.8 Å². The third-order valence-electron chi connectivity index (χ3n) is 5.09. The standard InChI is InChI=1S/C16H19FN4O3S/c1-24-15-5-2-11(17)8-16(15)25(22,23)20-12-3-4-13(20)10-14(9-12)21-18-6-7-19-21/h2,5-8,12-14H,3-4,9-10H2,1H3. The average Bonchev–Trinajstić information content (AvgIpc) is 3.22. The molecule has 2 atom stereocenters. The van der Waals surface area contributed by atoms with Crippen molar-refractivity contribution in [3.63, 3.8) is 0 Å². The third kappa shape index (κ3) is 2.71. The predicted molar refractivity (Wildman–Crippen MR) is 87.1 cm³/mol. The molecular weight excluding hydrogens is 347 g/mol. The van der Waals surface area contributed by atoms with Crippen molar-refractivity contribution in [1.29, 1.82) is 0 Å². The molecule has 134 valence electrons. The van der Waals surface area contributed by atoms with Crippen LogP contribution in [-0.2, 0) is 10.0 Å². The van der Waals surface area contributed by atoms with Crippen LogP contribution in [0.1, 0.15) is 31.7 Å². The first kappa shape index (κ1) is 16.5. The Bertz CT molecular complexity index is 858. The molecule has 1 aromatic heterocycles. The van der Waals surface area contributed by atoms with Gasteiger partial charge in [0.1, 0.15) is 16.5 Å². The molecule has 1 aromatic carbocycles. The lowest BCUT2D eigenvalue weighted by molar-refractivity contribution is 0.174. The predicted octanol–water partition coefficient (Wildman–Crippen LogP) is 1.98. The van der Waals surface area contributed by atoms with Crippen LogP contribution in [0.5, 0.6) is 5.75 Å². The van der Waals surface area contributed by atoms with Crippen molar-refractivity contribution in [2.75, 3.05) is 7.11 Å². The van der Waals surface area contributed by atoms with Crippen LogP contribution < -0.4 is 4.74 Å². The second-order valence-electron chi connectivity index (χ2n) is 6.49. The number of halogens is 1. The topological polar surface area (TPSA) is 77.3 Å². The van der Waals surface area contributed by atoms with Crippen molar-refractivity contribution < 1.29 is 17.5 Å². The van der Waals surface area contributed by atoms with Gasteiger partial charge >= 0.3 is 0 Å². The summed E-state index contributed by atoms with van der Waals surface area (Å²) in [5.41, 5.74) is 0. The molecular formula is C16H19FN4O3S. The number of fused-ring (bicyclic) bond motifs is 2. The van der Waals surface area contributed by atoms with E-state index < -0.39 is 15.8 Å². The summed E-state index contributed by atoms with van der Waals surface area (Å²) in [5.74, 6) is -0.431. The molecule has 0 saturated carbocycles. The highest BCUT2D eigenvalue weighted by atomic mass is 32.2. The number of ether oxygens (including phenoxy) is 1. The van der Waals surface area contributed by atoms with Crippen molar-refractivity contribution in [3.8, 4) is 5.75 Å².